The van der Waals surface area contributed by atoms with Crippen LogP contribution in [0.1, 0.15) is 56.3 Å². The lowest BCUT2D eigenvalue weighted by Crippen LogP contribution is -2.03. The number of oxazole rings is 1. The van der Waals surface area contributed by atoms with Crippen LogP contribution in [-0.2, 0) is 0 Å². The van der Waals surface area contributed by atoms with Gasteiger partial charge in [0.1, 0.15) is 5.52 Å². The van der Waals surface area contributed by atoms with E-state index in [0.717, 1.165) is 22.6 Å². The van der Waals surface area contributed by atoms with Crippen molar-refractivity contribution in [2.75, 3.05) is 0 Å². The van der Waals surface area contributed by atoms with Crippen LogP contribution in [0.15, 0.2) is 22.6 Å². The number of Topliss-reactive ketones (excluding diaryl/α,β-unsaturated/α-hetero) is 1. The number of carbonyl (C=O) groups is 1. The summed E-state index contributed by atoms with van der Waals surface area (Å²) >= 11 is 0. The minimum absolute atomic E-state index is 0.168. The van der Waals surface area contributed by atoms with Crippen LogP contribution in [0.2, 0.25) is 0 Å². The number of hydrogen-bond acceptors (Lipinski definition) is 3. The maximum Gasteiger partial charge on any atom is 0.198 e. The quantitative estimate of drug-likeness (QED) is 0.759. The number of fused-ring (bicyclic) bond motifs is 1. The highest BCUT2D eigenvalue weighted by atomic mass is 16.3. The van der Waals surface area contributed by atoms with Crippen LogP contribution < -0.4 is 0 Å². The molecule has 0 aliphatic heterocycles. The molecule has 96 valence electrons. The van der Waals surface area contributed by atoms with E-state index in [9.17, 15) is 4.79 Å². The predicted octanol–water partition coefficient (Wildman–Crippen LogP) is 4.18. The van der Waals surface area contributed by atoms with Crippen LogP contribution in [0.3, 0.4) is 0 Å². The number of nitrogens with zero attached hydrogens (tertiary/aromatic N) is 1. The predicted molar refractivity (Wildman–Crippen MR) is 71.9 cm³/mol. The average Bonchev–Trinajstić information content (AvgIpc) is 2.70. The van der Waals surface area contributed by atoms with Crippen molar-refractivity contribution in [3.8, 4) is 0 Å². The van der Waals surface area contributed by atoms with E-state index in [2.05, 4.69) is 4.98 Å². The van der Waals surface area contributed by atoms with Gasteiger partial charge < -0.3 is 4.42 Å². The first-order valence-corrected chi connectivity index (χ1v) is 6.41. The Labute approximate surface area is 107 Å². The number of rotatable bonds is 4. The van der Waals surface area contributed by atoms with Crippen molar-refractivity contribution in [2.45, 2.75) is 40.0 Å². The molecular weight excluding hydrogens is 226 g/mol. The Morgan fingerprint density at radius 2 is 2.00 bits per heavy atom. The Hall–Kier alpha value is -1.64. The summed E-state index contributed by atoms with van der Waals surface area (Å²) in [4.78, 5) is 16.4. The highest BCUT2D eigenvalue weighted by Gasteiger charge is 2.13. The van der Waals surface area contributed by atoms with Crippen LogP contribution in [0, 0.1) is 5.92 Å². The second-order valence-corrected chi connectivity index (χ2v) is 5.41. The van der Waals surface area contributed by atoms with Crippen molar-refractivity contribution in [2.24, 2.45) is 5.92 Å². The van der Waals surface area contributed by atoms with Gasteiger partial charge in [-0.1, -0.05) is 27.7 Å². The zero-order valence-electron chi connectivity index (χ0n) is 11.4. The van der Waals surface area contributed by atoms with Crippen molar-refractivity contribution in [3.05, 3.63) is 29.7 Å². The van der Waals surface area contributed by atoms with Crippen LogP contribution in [0.25, 0.3) is 11.1 Å². The van der Waals surface area contributed by atoms with Crippen LogP contribution in [0.5, 0.6) is 0 Å². The van der Waals surface area contributed by atoms with Gasteiger partial charge in [0.15, 0.2) is 17.3 Å². The molecule has 0 radical (unpaired) electrons. The van der Waals surface area contributed by atoms with Gasteiger partial charge in [-0.25, -0.2) is 4.98 Å². The normalized spacial score (nSPS) is 11.7. The van der Waals surface area contributed by atoms with E-state index in [0.29, 0.717) is 12.3 Å². The van der Waals surface area contributed by atoms with Crippen LogP contribution in [-0.4, -0.2) is 10.8 Å². The van der Waals surface area contributed by atoms with Crippen molar-refractivity contribution in [3.63, 3.8) is 0 Å². The summed E-state index contributed by atoms with van der Waals surface area (Å²) in [6.45, 7) is 8.16. The topological polar surface area (TPSA) is 43.1 Å². The Morgan fingerprint density at radius 1 is 1.28 bits per heavy atom. The van der Waals surface area contributed by atoms with E-state index >= 15 is 0 Å². The first-order chi connectivity index (χ1) is 8.47. The maximum absolute atomic E-state index is 12.0. The maximum atomic E-state index is 12.0. The van der Waals surface area contributed by atoms with Gasteiger partial charge in [-0.3, -0.25) is 4.79 Å². The van der Waals surface area contributed by atoms with Gasteiger partial charge in [-0.05, 0) is 24.1 Å². The molecule has 0 saturated heterocycles. The Balaban J connectivity index is 2.35. The van der Waals surface area contributed by atoms with Gasteiger partial charge in [-0.2, -0.15) is 0 Å². The smallest absolute Gasteiger partial charge is 0.198 e. The van der Waals surface area contributed by atoms with Gasteiger partial charge >= 0.3 is 0 Å². The number of benzene rings is 1. The summed E-state index contributed by atoms with van der Waals surface area (Å²) < 4.78 is 5.62. The summed E-state index contributed by atoms with van der Waals surface area (Å²) in [7, 11) is 0. The molecule has 0 unspecified atom stereocenters. The lowest BCUT2D eigenvalue weighted by atomic mass is 10.0. The third-order valence-corrected chi connectivity index (χ3v) is 2.81. The molecule has 0 atom stereocenters. The second kappa shape index (κ2) is 4.92. The molecule has 18 heavy (non-hydrogen) atoms. The van der Waals surface area contributed by atoms with Crippen molar-refractivity contribution in [1.29, 1.82) is 0 Å². The molecule has 0 aliphatic carbocycles. The van der Waals surface area contributed by atoms with Crippen LogP contribution >= 0.6 is 0 Å². The highest BCUT2D eigenvalue weighted by Crippen LogP contribution is 2.22. The molecule has 0 N–H and O–H groups in total. The molecule has 3 heteroatoms. The molecule has 0 saturated carbocycles. The number of ketones is 1. The zero-order chi connectivity index (χ0) is 13.3. The fourth-order valence-electron chi connectivity index (χ4n) is 1.85. The SMILES string of the molecule is CC(C)CC(=O)c1ccc2oc(C(C)C)nc2c1. The first kappa shape index (κ1) is 12.8. The lowest BCUT2D eigenvalue weighted by molar-refractivity contribution is 0.0968. The average molecular weight is 245 g/mol. The first-order valence-electron chi connectivity index (χ1n) is 6.41. The molecule has 0 amide bonds. The summed E-state index contributed by atoms with van der Waals surface area (Å²) in [5.41, 5.74) is 2.24. The summed E-state index contributed by atoms with van der Waals surface area (Å²) in [5.74, 6) is 1.52. The molecular formula is C15H19NO2. The molecule has 0 spiro atoms. The fraction of sp³-hybridized carbons (Fsp3) is 0.467. The number of hydrogen-bond donors (Lipinski definition) is 0. The van der Waals surface area contributed by atoms with Crippen molar-refractivity contribution >= 4 is 16.9 Å². The van der Waals surface area contributed by atoms with Crippen molar-refractivity contribution < 1.29 is 9.21 Å². The molecule has 1 aromatic carbocycles. The molecule has 1 aromatic heterocycles. The molecule has 3 nitrogen and oxygen atoms in total. The minimum atomic E-state index is 0.168. The number of aromatic nitrogens is 1. The van der Waals surface area contributed by atoms with E-state index in [1.54, 1.807) is 0 Å². The van der Waals surface area contributed by atoms with Gasteiger partial charge in [-0.15, -0.1) is 0 Å². The molecule has 1 heterocycles. The van der Waals surface area contributed by atoms with Crippen molar-refractivity contribution in [1.82, 2.24) is 4.98 Å². The van der Waals surface area contributed by atoms with E-state index < -0.39 is 0 Å². The molecule has 0 fully saturated rings. The Kier molecular flexibility index (Phi) is 3.50. The monoisotopic (exact) mass is 245 g/mol. The molecule has 0 bridgehead atoms. The molecule has 2 aromatic rings. The van der Waals surface area contributed by atoms with Crippen LogP contribution in [0.4, 0.5) is 0 Å². The third-order valence-electron chi connectivity index (χ3n) is 2.81. The van der Waals surface area contributed by atoms with Gasteiger partial charge in [0.2, 0.25) is 0 Å². The third kappa shape index (κ3) is 2.61. The largest absolute Gasteiger partial charge is 0.440 e. The minimum Gasteiger partial charge on any atom is -0.440 e. The van der Waals surface area contributed by atoms with Gasteiger partial charge in [0, 0.05) is 17.9 Å². The van der Waals surface area contributed by atoms with Gasteiger partial charge in [0.05, 0.1) is 0 Å². The summed E-state index contributed by atoms with van der Waals surface area (Å²) in [6.07, 6.45) is 0.570. The Bertz CT molecular complexity index is 567. The van der Waals surface area contributed by atoms with Gasteiger partial charge in [0.25, 0.3) is 0 Å². The van der Waals surface area contributed by atoms with E-state index in [1.807, 2.05) is 45.9 Å². The van der Waals surface area contributed by atoms with E-state index in [1.165, 1.54) is 0 Å². The standard InChI is InChI=1S/C15H19NO2/c1-9(2)7-13(17)11-5-6-14-12(8-11)16-15(18-14)10(3)4/h5-6,8-10H,7H2,1-4H3. The molecule has 2 rings (SSSR count). The number of carbonyl (C=O) groups excluding carboxylic acids is 1. The fourth-order valence-corrected chi connectivity index (χ4v) is 1.85. The lowest BCUT2D eigenvalue weighted by Gasteiger charge is -2.03. The Morgan fingerprint density at radius 3 is 2.61 bits per heavy atom. The summed E-state index contributed by atoms with van der Waals surface area (Å²) in [6, 6.07) is 5.49. The highest BCUT2D eigenvalue weighted by molar-refractivity contribution is 5.98. The van der Waals surface area contributed by atoms with E-state index in [-0.39, 0.29) is 11.7 Å². The van der Waals surface area contributed by atoms with E-state index in [4.69, 9.17) is 4.42 Å². The summed E-state index contributed by atoms with van der Waals surface area (Å²) in [5, 5.41) is 0. The molecule has 0 aliphatic rings. The second-order valence-electron chi connectivity index (χ2n) is 5.41. The zero-order valence-corrected chi connectivity index (χ0v) is 11.4.